The maximum absolute atomic E-state index is 12.3. The molecule has 1 saturated heterocycles. The number of nitrogens with one attached hydrogen (secondary N) is 2. The van der Waals surface area contributed by atoms with Crippen LogP contribution in [0.3, 0.4) is 0 Å². The number of unbranched alkanes of at least 4 members (excludes halogenated alkanes) is 3. The summed E-state index contributed by atoms with van der Waals surface area (Å²) in [5, 5.41) is 5.97. The summed E-state index contributed by atoms with van der Waals surface area (Å²) in [6, 6.07) is 7.20. The standard InChI is InChI=1S/C19H27N3O2S/c1-2-3-4-5-8-17(23)21-19(25)20-16-11-9-15(10-12-16)18(24)22-13-6-7-14-22/h9-12H,2-8,13-14H2,1H3,(H2,20,21,23,25). The summed E-state index contributed by atoms with van der Waals surface area (Å²) in [5.41, 5.74) is 1.44. The number of hydrogen-bond donors (Lipinski definition) is 2. The highest BCUT2D eigenvalue weighted by Gasteiger charge is 2.19. The first kappa shape index (κ1) is 19.4. The number of carbonyl (C=O) groups excluding carboxylic acids is 2. The monoisotopic (exact) mass is 361 g/mol. The van der Waals surface area contributed by atoms with Crippen LogP contribution in [0.4, 0.5) is 5.69 Å². The van der Waals surface area contributed by atoms with Gasteiger partial charge in [-0.2, -0.15) is 0 Å². The highest BCUT2D eigenvalue weighted by Crippen LogP contribution is 2.15. The van der Waals surface area contributed by atoms with Crippen molar-refractivity contribution in [2.75, 3.05) is 18.4 Å². The highest BCUT2D eigenvalue weighted by molar-refractivity contribution is 7.80. The number of amides is 2. The van der Waals surface area contributed by atoms with E-state index in [1.807, 2.05) is 17.0 Å². The maximum Gasteiger partial charge on any atom is 0.253 e. The van der Waals surface area contributed by atoms with Crippen LogP contribution in [0.1, 0.15) is 62.2 Å². The predicted octanol–water partition coefficient (Wildman–Crippen LogP) is 3.71. The van der Waals surface area contributed by atoms with E-state index in [1.165, 1.54) is 0 Å². The lowest BCUT2D eigenvalue weighted by atomic mass is 10.1. The maximum atomic E-state index is 12.3. The summed E-state index contributed by atoms with van der Waals surface area (Å²) in [5.74, 6) is 0.0152. The van der Waals surface area contributed by atoms with Gasteiger partial charge in [-0.25, -0.2) is 0 Å². The van der Waals surface area contributed by atoms with Gasteiger partial charge in [0.15, 0.2) is 5.11 Å². The van der Waals surface area contributed by atoms with Crippen molar-refractivity contribution in [1.82, 2.24) is 10.2 Å². The molecule has 0 saturated carbocycles. The molecule has 0 aliphatic carbocycles. The smallest absolute Gasteiger partial charge is 0.253 e. The Morgan fingerprint density at radius 3 is 2.40 bits per heavy atom. The Bertz CT molecular complexity index is 595. The summed E-state index contributed by atoms with van der Waals surface area (Å²) >= 11 is 5.17. The Morgan fingerprint density at radius 1 is 1.08 bits per heavy atom. The molecule has 1 aliphatic rings. The van der Waals surface area contributed by atoms with Gasteiger partial charge in [-0.1, -0.05) is 26.2 Å². The van der Waals surface area contributed by atoms with Gasteiger partial charge < -0.3 is 15.5 Å². The highest BCUT2D eigenvalue weighted by atomic mass is 32.1. The molecule has 1 fully saturated rings. The first-order chi connectivity index (χ1) is 12.1. The van der Waals surface area contributed by atoms with E-state index in [4.69, 9.17) is 12.2 Å². The van der Waals surface area contributed by atoms with Gasteiger partial charge in [0.05, 0.1) is 0 Å². The van der Waals surface area contributed by atoms with Gasteiger partial charge >= 0.3 is 0 Å². The Labute approximate surface area is 155 Å². The molecule has 2 rings (SSSR count). The molecule has 0 aromatic heterocycles. The van der Waals surface area contributed by atoms with E-state index in [0.29, 0.717) is 17.1 Å². The topological polar surface area (TPSA) is 61.4 Å². The van der Waals surface area contributed by atoms with Crippen molar-refractivity contribution in [3.63, 3.8) is 0 Å². The van der Waals surface area contributed by atoms with Crippen molar-refractivity contribution in [1.29, 1.82) is 0 Å². The number of hydrogen-bond acceptors (Lipinski definition) is 3. The molecule has 0 bridgehead atoms. The first-order valence-electron chi connectivity index (χ1n) is 9.10. The minimum absolute atomic E-state index is 0.0607. The lowest BCUT2D eigenvalue weighted by Gasteiger charge is -2.15. The Kier molecular flexibility index (Phi) is 7.85. The Morgan fingerprint density at radius 2 is 1.76 bits per heavy atom. The fraction of sp³-hybridized carbons (Fsp3) is 0.526. The van der Waals surface area contributed by atoms with Crippen LogP contribution in [-0.2, 0) is 4.79 Å². The Balaban J connectivity index is 1.77. The van der Waals surface area contributed by atoms with Gasteiger partial charge in [-0.3, -0.25) is 9.59 Å². The molecular weight excluding hydrogens is 334 g/mol. The minimum atomic E-state index is -0.0607. The molecule has 0 spiro atoms. The van der Waals surface area contributed by atoms with E-state index >= 15 is 0 Å². The van der Waals surface area contributed by atoms with Crippen LogP contribution in [0.25, 0.3) is 0 Å². The van der Waals surface area contributed by atoms with Crippen molar-refractivity contribution in [3.8, 4) is 0 Å². The summed E-state index contributed by atoms with van der Waals surface area (Å²) in [6.07, 6.45) is 6.91. The molecule has 1 heterocycles. The average molecular weight is 362 g/mol. The number of rotatable bonds is 7. The summed E-state index contributed by atoms with van der Waals surface area (Å²) < 4.78 is 0. The first-order valence-corrected chi connectivity index (χ1v) is 9.51. The molecule has 2 amide bonds. The number of likely N-dealkylation sites (tertiary alicyclic amines) is 1. The lowest BCUT2D eigenvalue weighted by Crippen LogP contribution is -2.34. The van der Waals surface area contributed by atoms with Crippen molar-refractivity contribution < 1.29 is 9.59 Å². The Hall–Kier alpha value is -1.95. The van der Waals surface area contributed by atoms with Crippen molar-refractivity contribution in [2.45, 2.75) is 51.9 Å². The van der Waals surface area contributed by atoms with Crippen LogP contribution >= 0.6 is 12.2 Å². The number of nitrogens with zero attached hydrogens (tertiary/aromatic N) is 1. The molecule has 1 aromatic carbocycles. The van der Waals surface area contributed by atoms with E-state index < -0.39 is 0 Å². The molecule has 2 N–H and O–H groups in total. The third-order valence-electron chi connectivity index (χ3n) is 4.29. The number of benzene rings is 1. The SMILES string of the molecule is CCCCCCC(=O)NC(=S)Nc1ccc(C(=O)N2CCCC2)cc1. The molecule has 5 nitrogen and oxygen atoms in total. The van der Waals surface area contributed by atoms with Gasteiger partial charge in [0.2, 0.25) is 5.91 Å². The largest absolute Gasteiger partial charge is 0.339 e. The zero-order valence-corrected chi connectivity index (χ0v) is 15.7. The van der Waals surface area contributed by atoms with Gasteiger partial charge in [-0.15, -0.1) is 0 Å². The van der Waals surface area contributed by atoms with E-state index in [0.717, 1.165) is 57.3 Å². The molecular formula is C19H27N3O2S. The molecule has 6 heteroatoms. The second-order valence-electron chi connectivity index (χ2n) is 6.39. The summed E-state index contributed by atoms with van der Waals surface area (Å²) in [4.78, 5) is 26.0. The normalized spacial score (nSPS) is 13.6. The van der Waals surface area contributed by atoms with Gasteiger partial charge in [0.1, 0.15) is 0 Å². The predicted molar refractivity (Wildman–Crippen MR) is 105 cm³/mol. The van der Waals surface area contributed by atoms with Crippen molar-refractivity contribution in [2.24, 2.45) is 0 Å². The summed E-state index contributed by atoms with van der Waals surface area (Å²) in [7, 11) is 0. The summed E-state index contributed by atoms with van der Waals surface area (Å²) in [6.45, 7) is 3.82. The molecule has 0 radical (unpaired) electrons. The van der Waals surface area contributed by atoms with Crippen LogP contribution in [0.2, 0.25) is 0 Å². The van der Waals surface area contributed by atoms with Crippen molar-refractivity contribution in [3.05, 3.63) is 29.8 Å². The zero-order valence-electron chi connectivity index (χ0n) is 14.8. The van der Waals surface area contributed by atoms with E-state index in [1.54, 1.807) is 12.1 Å². The second kappa shape index (κ2) is 10.1. The quantitative estimate of drug-likeness (QED) is 0.574. The van der Waals surface area contributed by atoms with E-state index in [-0.39, 0.29) is 11.8 Å². The number of carbonyl (C=O) groups is 2. The molecule has 1 aromatic rings. The van der Waals surface area contributed by atoms with Crippen LogP contribution in [0.15, 0.2) is 24.3 Å². The molecule has 0 atom stereocenters. The van der Waals surface area contributed by atoms with Gasteiger partial charge in [-0.05, 0) is 55.7 Å². The molecule has 136 valence electrons. The average Bonchev–Trinajstić information content (AvgIpc) is 3.13. The third kappa shape index (κ3) is 6.46. The fourth-order valence-corrected chi connectivity index (χ4v) is 3.09. The molecule has 1 aliphatic heterocycles. The van der Waals surface area contributed by atoms with Gasteiger partial charge in [0, 0.05) is 30.8 Å². The van der Waals surface area contributed by atoms with Crippen molar-refractivity contribution >= 4 is 34.8 Å². The zero-order chi connectivity index (χ0) is 18.1. The van der Waals surface area contributed by atoms with Crippen LogP contribution in [-0.4, -0.2) is 34.9 Å². The van der Waals surface area contributed by atoms with Crippen LogP contribution < -0.4 is 10.6 Å². The van der Waals surface area contributed by atoms with E-state index in [9.17, 15) is 9.59 Å². The van der Waals surface area contributed by atoms with Crippen LogP contribution in [0.5, 0.6) is 0 Å². The second-order valence-corrected chi connectivity index (χ2v) is 6.80. The minimum Gasteiger partial charge on any atom is -0.339 e. The van der Waals surface area contributed by atoms with Gasteiger partial charge in [0.25, 0.3) is 5.91 Å². The number of anilines is 1. The molecule has 25 heavy (non-hydrogen) atoms. The van der Waals surface area contributed by atoms with Crippen LogP contribution in [0, 0.1) is 0 Å². The lowest BCUT2D eigenvalue weighted by molar-refractivity contribution is -0.119. The fourth-order valence-electron chi connectivity index (χ4n) is 2.86. The van der Waals surface area contributed by atoms with E-state index in [2.05, 4.69) is 17.6 Å². The molecule has 0 unspecified atom stereocenters. The number of thiocarbonyl (C=S) groups is 1. The third-order valence-corrected chi connectivity index (χ3v) is 4.50.